The van der Waals surface area contributed by atoms with Crippen molar-refractivity contribution in [2.45, 2.75) is 29.8 Å². The smallest absolute Gasteiger partial charge is 0.233 e. The van der Waals surface area contributed by atoms with E-state index in [9.17, 15) is 13.2 Å². The number of halogens is 1. The zero-order valence-corrected chi connectivity index (χ0v) is 16.7. The summed E-state index contributed by atoms with van der Waals surface area (Å²) in [4.78, 5) is 12.3. The summed E-state index contributed by atoms with van der Waals surface area (Å²) >= 11 is 7.19. The van der Waals surface area contributed by atoms with E-state index in [1.54, 1.807) is 19.1 Å². The molecule has 0 radical (unpaired) electrons. The second-order valence-electron chi connectivity index (χ2n) is 6.24. The number of aromatic nitrogens is 3. The fourth-order valence-electron chi connectivity index (χ4n) is 2.71. The number of carbonyl (C=O) groups excluding carboxylic acids is 1. The van der Waals surface area contributed by atoms with Gasteiger partial charge < -0.3 is 9.88 Å². The molecular weight excluding hydrogens is 396 g/mol. The molecule has 0 bridgehead atoms. The second kappa shape index (κ2) is 7.58. The summed E-state index contributed by atoms with van der Waals surface area (Å²) in [6.45, 7) is 1.76. The van der Waals surface area contributed by atoms with Crippen LogP contribution in [0.2, 0.25) is 5.02 Å². The van der Waals surface area contributed by atoms with Gasteiger partial charge in [0.15, 0.2) is 20.8 Å². The van der Waals surface area contributed by atoms with Crippen LogP contribution in [0.4, 0.5) is 0 Å². The lowest BCUT2D eigenvalue weighted by Gasteiger charge is -2.15. The number of hydrogen-bond acceptors (Lipinski definition) is 6. The van der Waals surface area contributed by atoms with Crippen LogP contribution in [0.1, 0.15) is 13.3 Å². The van der Waals surface area contributed by atoms with Crippen LogP contribution >= 0.6 is 23.4 Å². The average Bonchev–Trinajstić information content (AvgIpc) is 3.11. The highest BCUT2D eigenvalue weighted by molar-refractivity contribution is 8.00. The van der Waals surface area contributed by atoms with Crippen molar-refractivity contribution >= 4 is 39.1 Å². The molecule has 0 unspecified atom stereocenters. The normalized spacial score (nSPS) is 20.0. The van der Waals surface area contributed by atoms with E-state index in [1.807, 2.05) is 23.7 Å². The van der Waals surface area contributed by atoms with Crippen molar-refractivity contribution in [3.63, 3.8) is 0 Å². The summed E-state index contributed by atoms with van der Waals surface area (Å²) < 4.78 is 24.8. The maximum atomic E-state index is 12.3. The molecule has 1 aliphatic rings. The first kappa shape index (κ1) is 19.2. The van der Waals surface area contributed by atoms with Gasteiger partial charge in [0.2, 0.25) is 5.91 Å². The van der Waals surface area contributed by atoms with Crippen LogP contribution in [0.25, 0.3) is 11.4 Å². The number of rotatable bonds is 5. The van der Waals surface area contributed by atoms with E-state index in [2.05, 4.69) is 15.5 Å². The third kappa shape index (κ3) is 4.39. The Balaban J connectivity index is 1.65. The van der Waals surface area contributed by atoms with Crippen LogP contribution in [-0.2, 0) is 21.7 Å². The van der Waals surface area contributed by atoms with Crippen molar-refractivity contribution in [3.8, 4) is 11.4 Å². The second-order valence-corrected chi connectivity index (χ2v) is 10.2. The molecule has 2 atom stereocenters. The first-order chi connectivity index (χ1) is 12.2. The van der Waals surface area contributed by atoms with E-state index in [0.717, 1.165) is 5.56 Å². The molecule has 3 rings (SSSR count). The SMILES string of the molecule is C[C@@H](Sc1nnc(-c2ccc(Cl)cc2)n1C)C(=O)N[C@H]1CCS(=O)(=O)C1. The molecule has 1 saturated heterocycles. The van der Waals surface area contributed by atoms with Crippen molar-refractivity contribution in [1.82, 2.24) is 20.1 Å². The Morgan fingerprint density at radius 1 is 1.35 bits per heavy atom. The van der Waals surface area contributed by atoms with E-state index >= 15 is 0 Å². The Morgan fingerprint density at radius 3 is 2.65 bits per heavy atom. The van der Waals surface area contributed by atoms with Gasteiger partial charge in [0.25, 0.3) is 0 Å². The number of carbonyl (C=O) groups is 1. The molecule has 2 heterocycles. The van der Waals surface area contributed by atoms with Gasteiger partial charge in [-0.3, -0.25) is 4.79 Å². The zero-order chi connectivity index (χ0) is 18.9. The number of nitrogens with one attached hydrogen (secondary N) is 1. The van der Waals surface area contributed by atoms with E-state index in [-0.39, 0.29) is 23.5 Å². The molecular formula is C16H19ClN4O3S2. The molecule has 7 nitrogen and oxygen atoms in total. The van der Waals surface area contributed by atoms with E-state index in [0.29, 0.717) is 22.4 Å². The van der Waals surface area contributed by atoms with Crippen molar-refractivity contribution in [2.75, 3.05) is 11.5 Å². The zero-order valence-electron chi connectivity index (χ0n) is 14.3. The van der Waals surface area contributed by atoms with E-state index in [1.165, 1.54) is 11.8 Å². The van der Waals surface area contributed by atoms with Gasteiger partial charge in [0.1, 0.15) is 0 Å². The molecule has 1 fully saturated rings. The molecule has 10 heteroatoms. The van der Waals surface area contributed by atoms with Crippen LogP contribution in [0.3, 0.4) is 0 Å². The third-order valence-electron chi connectivity index (χ3n) is 4.17. The topological polar surface area (TPSA) is 93.9 Å². The fraction of sp³-hybridized carbons (Fsp3) is 0.438. The molecule has 0 spiro atoms. The number of thioether (sulfide) groups is 1. The summed E-state index contributed by atoms with van der Waals surface area (Å²) in [7, 11) is -1.19. The number of benzene rings is 1. The lowest BCUT2D eigenvalue weighted by Crippen LogP contribution is -2.40. The first-order valence-electron chi connectivity index (χ1n) is 8.08. The standard InChI is InChI=1S/C16H19ClN4O3S2/c1-10(15(22)18-13-7-8-26(23,24)9-13)25-16-20-19-14(21(16)2)11-3-5-12(17)6-4-11/h3-6,10,13H,7-9H2,1-2H3,(H,18,22)/t10-,13+/m1/s1. The van der Waals surface area contributed by atoms with Gasteiger partial charge >= 0.3 is 0 Å². The molecule has 1 aliphatic heterocycles. The number of sulfone groups is 1. The molecule has 1 aromatic carbocycles. The van der Waals surface area contributed by atoms with Crippen molar-refractivity contribution in [1.29, 1.82) is 0 Å². The van der Waals surface area contributed by atoms with Gasteiger partial charge in [-0.25, -0.2) is 8.42 Å². The molecule has 1 amide bonds. The highest BCUT2D eigenvalue weighted by Gasteiger charge is 2.30. The van der Waals surface area contributed by atoms with Crippen LogP contribution in [0, 0.1) is 0 Å². The lowest BCUT2D eigenvalue weighted by atomic mass is 10.2. The molecule has 26 heavy (non-hydrogen) atoms. The molecule has 0 saturated carbocycles. The van der Waals surface area contributed by atoms with Gasteiger partial charge in [0.05, 0.1) is 16.8 Å². The quantitative estimate of drug-likeness (QED) is 0.751. The fourth-order valence-corrected chi connectivity index (χ4v) is 5.33. The Morgan fingerprint density at radius 2 is 2.04 bits per heavy atom. The van der Waals surface area contributed by atoms with Crippen LogP contribution in [0.15, 0.2) is 29.4 Å². The Bertz CT molecular complexity index is 912. The predicted octanol–water partition coefficient (Wildman–Crippen LogP) is 1.92. The van der Waals surface area contributed by atoms with Gasteiger partial charge in [-0.2, -0.15) is 0 Å². The minimum atomic E-state index is -3.02. The maximum absolute atomic E-state index is 12.3. The lowest BCUT2D eigenvalue weighted by molar-refractivity contribution is -0.120. The third-order valence-corrected chi connectivity index (χ3v) is 7.32. The van der Waals surface area contributed by atoms with Gasteiger partial charge in [-0.1, -0.05) is 23.4 Å². The highest BCUT2D eigenvalue weighted by atomic mass is 35.5. The van der Waals surface area contributed by atoms with Gasteiger partial charge in [-0.05, 0) is 37.6 Å². The Kier molecular flexibility index (Phi) is 5.59. The minimum absolute atomic E-state index is 0.0147. The number of nitrogens with zero attached hydrogens (tertiary/aromatic N) is 3. The molecule has 140 valence electrons. The van der Waals surface area contributed by atoms with Crippen molar-refractivity contribution in [2.24, 2.45) is 7.05 Å². The summed E-state index contributed by atoms with van der Waals surface area (Å²) in [5.74, 6) is 0.625. The average molecular weight is 415 g/mol. The van der Waals surface area contributed by atoms with Crippen LogP contribution < -0.4 is 5.32 Å². The largest absolute Gasteiger partial charge is 0.351 e. The van der Waals surface area contributed by atoms with Crippen molar-refractivity contribution in [3.05, 3.63) is 29.3 Å². The number of amides is 1. The molecule has 1 N–H and O–H groups in total. The Hall–Kier alpha value is -1.58. The first-order valence-corrected chi connectivity index (χ1v) is 11.2. The summed E-state index contributed by atoms with van der Waals surface area (Å²) in [6, 6.07) is 6.98. The summed E-state index contributed by atoms with van der Waals surface area (Å²) in [5.41, 5.74) is 0.879. The number of hydrogen-bond donors (Lipinski definition) is 1. The monoisotopic (exact) mass is 414 g/mol. The highest BCUT2D eigenvalue weighted by Crippen LogP contribution is 2.26. The maximum Gasteiger partial charge on any atom is 0.233 e. The van der Waals surface area contributed by atoms with Crippen LogP contribution in [0.5, 0.6) is 0 Å². The molecule has 1 aromatic heterocycles. The Labute approximate surface area is 161 Å². The predicted molar refractivity (Wildman–Crippen MR) is 102 cm³/mol. The molecule has 0 aliphatic carbocycles. The van der Waals surface area contributed by atoms with Gasteiger partial charge in [-0.15, -0.1) is 10.2 Å². The molecule has 2 aromatic rings. The van der Waals surface area contributed by atoms with Crippen LogP contribution in [-0.4, -0.2) is 51.9 Å². The van der Waals surface area contributed by atoms with E-state index < -0.39 is 15.1 Å². The van der Waals surface area contributed by atoms with Gasteiger partial charge in [0, 0.05) is 23.7 Å². The van der Waals surface area contributed by atoms with E-state index in [4.69, 9.17) is 11.6 Å². The minimum Gasteiger partial charge on any atom is -0.351 e. The summed E-state index contributed by atoms with van der Waals surface area (Å²) in [6.07, 6.45) is 0.468. The van der Waals surface area contributed by atoms with Crippen molar-refractivity contribution < 1.29 is 13.2 Å². The summed E-state index contributed by atoms with van der Waals surface area (Å²) in [5, 5.41) is 12.0.